The van der Waals surface area contributed by atoms with E-state index in [-0.39, 0.29) is 12.5 Å². The van der Waals surface area contributed by atoms with Gasteiger partial charge in [0.25, 0.3) is 11.6 Å². The van der Waals surface area contributed by atoms with Crippen LogP contribution in [0.5, 0.6) is 0 Å². The normalized spacial score (nSPS) is 10.7. The number of aromatic nitrogens is 2. The molecule has 4 heteroatoms. The second kappa shape index (κ2) is 4.57. The van der Waals surface area contributed by atoms with Gasteiger partial charge in [0.05, 0.1) is 6.20 Å². The molecule has 0 aliphatic carbocycles. The standard InChI is InChI=1S/C15H13N3O/c16-14(19)11-18-13(12-6-2-1-3-7-12)10-17-9-5-4-8-15(17)18/h1-10H,11H2,(H-,16,19)/p+1. The Morgan fingerprint density at radius 1 is 1.11 bits per heavy atom. The van der Waals surface area contributed by atoms with E-state index in [0.29, 0.717) is 0 Å². The summed E-state index contributed by atoms with van der Waals surface area (Å²) < 4.78 is 3.92. The summed E-state index contributed by atoms with van der Waals surface area (Å²) in [5.74, 6) is -0.348. The molecule has 1 amide bonds. The number of hydrogen-bond donors (Lipinski definition) is 1. The fourth-order valence-electron chi connectivity index (χ4n) is 2.27. The lowest BCUT2D eigenvalue weighted by Crippen LogP contribution is -2.22. The summed E-state index contributed by atoms with van der Waals surface area (Å²) in [4.78, 5) is 11.3. The van der Waals surface area contributed by atoms with E-state index in [2.05, 4.69) is 0 Å². The van der Waals surface area contributed by atoms with Gasteiger partial charge in [0, 0.05) is 11.6 Å². The molecule has 4 nitrogen and oxygen atoms in total. The quantitative estimate of drug-likeness (QED) is 0.703. The Kier molecular flexibility index (Phi) is 2.76. The first-order valence-corrected chi connectivity index (χ1v) is 6.09. The summed E-state index contributed by atoms with van der Waals surface area (Å²) in [5, 5.41) is 0. The van der Waals surface area contributed by atoms with E-state index >= 15 is 0 Å². The predicted octanol–water partition coefficient (Wildman–Crippen LogP) is 1.38. The van der Waals surface area contributed by atoms with Crippen molar-refractivity contribution in [2.24, 2.45) is 5.73 Å². The minimum Gasteiger partial charge on any atom is -0.366 e. The molecule has 3 aromatic rings. The topological polar surface area (TPSA) is 52.1 Å². The van der Waals surface area contributed by atoms with Crippen molar-refractivity contribution in [1.82, 2.24) is 4.57 Å². The van der Waals surface area contributed by atoms with Gasteiger partial charge in [0.1, 0.15) is 6.20 Å². The summed E-state index contributed by atoms with van der Waals surface area (Å²) in [7, 11) is 0. The van der Waals surface area contributed by atoms with Crippen LogP contribution in [-0.4, -0.2) is 10.5 Å². The lowest BCUT2D eigenvalue weighted by Gasteiger charge is -2.00. The van der Waals surface area contributed by atoms with Gasteiger partial charge < -0.3 is 5.73 Å². The molecule has 0 aliphatic rings. The maximum atomic E-state index is 11.3. The molecule has 2 N–H and O–H groups in total. The molecule has 0 spiro atoms. The number of rotatable bonds is 3. The summed E-state index contributed by atoms with van der Waals surface area (Å²) in [6.45, 7) is 0.171. The van der Waals surface area contributed by atoms with Crippen molar-refractivity contribution >= 4 is 11.6 Å². The highest BCUT2D eigenvalue weighted by atomic mass is 16.1. The second-order valence-electron chi connectivity index (χ2n) is 4.40. The van der Waals surface area contributed by atoms with Crippen LogP contribution >= 0.6 is 0 Å². The van der Waals surface area contributed by atoms with E-state index in [1.807, 2.05) is 69.9 Å². The van der Waals surface area contributed by atoms with E-state index in [1.165, 1.54) is 0 Å². The lowest BCUT2D eigenvalue weighted by atomic mass is 10.2. The maximum Gasteiger partial charge on any atom is 0.287 e. The number of imidazole rings is 1. The molecule has 2 aromatic heterocycles. The number of pyridine rings is 1. The van der Waals surface area contributed by atoms with Crippen molar-refractivity contribution < 1.29 is 9.20 Å². The average Bonchev–Trinajstić information content (AvgIpc) is 2.78. The first-order chi connectivity index (χ1) is 9.25. The van der Waals surface area contributed by atoms with E-state index < -0.39 is 0 Å². The van der Waals surface area contributed by atoms with E-state index in [0.717, 1.165) is 16.9 Å². The van der Waals surface area contributed by atoms with Crippen LogP contribution in [0.3, 0.4) is 0 Å². The Morgan fingerprint density at radius 2 is 1.84 bits per heavy atom. The van der Waals surface area contributed by atoms with Crippen LogP contribution in [0, 0.1) is 0 Å². The molecule has 0 atom stereocenters. The van der Waals surface area contributed by atoms with Gasteiger partial charge >= 0.3 is 0 Å². The third-order valence-corrected chi connectivity index (χ3v) is 3.08. The third kappa shape index (κ3) is 2.08. The molecular formula is C15H14N3O+. The first kappa shape index (κ1) is 11.5. The van der Waals surface area contributed by atoms with Gasteiger partial charge in [-0.2, -0.15) is 0 Å². The van der Waals surface area contributed by atoms with Crippen molar-refractivity contribution in [3.63, 3.8) is 0 Å². The van der Waals surface area contributed by atoms with Crippen molar-refractivity contribution in [1.29, 1.82) is 0 Å². The molecular weight excluding hydrogens is 238 g/mol. The number of hydrogen-bond acceptors (Lipinski definition) is 1. The molecule has 94 valence electrons. The minimum atomic E-state index is -0.348. The molecule has 3 rings (SSSR count). The molecule has 0 fully saturated rings. The molecule has 0 unspecified atom stereocenters. The molecule has 2 heterocycles. The van der Waals surface area contributed by atoms with Crippen LogP contribution in [0.2, 0.25) is 0 Å². The van der Waals surface area contributed by atoms with Gasteiger partial charge in [0.2, 0.25) is 0 Å². The maximum absolute atomic E-state index is 11.3. The van der Waals surface area contributed by atoms with Gasteiger partial charge in [-0.1, -0.05) is 36.4 Å². The molecule has 0 bridgehead atoms. The van der Waals surface area contributed by atoms with Crippen LogP contribution in [-0.2, 0) is 11.3 Å². The monoisotopic (exact) mass is 252 g/mol. The van der Waals surface area contributed by atoms with Gasteiger partial charge in [-0.05, 0) is 6.07 Å². The fraction of sp³-hybridized carbons (Fsp3) is 0.0667. The fourth-order valence-corrected chi connectivity index (χ4v) is 2.27. The van der Waals surface area contributed by atoms with Crippen molar-refractivity contribution in [3.05, 3.63) is 60.9 Å². The highest BCUT2D eigenvalue weighted by Crippen LogP contribution is 2.20. The van der Waals surface area contributed by atoms with E-state index in [9.17, 15) is 4.79 Å². The summed E-state index contributed by atoms with van der Waals surface area (Å²) >= 11 is 0. The third-order valence-electron chi connectivity index (χ3n) is 3.08. The largest absolute Gasteiger partial charge is 0.366 e. The Balaban J connectivity index is 2.26. The highest BCUT2D eigenvalue weighted by Gasteiger charge is 2.19. The zero-order chi connectivity index (χ0) is 13.2. The highest BCUT2D eigenvalue weighted by molar-refractivity contribution is 5.75. The predicted molar refractivity (Wildman–Crippen MR) is 72.2 cm³/mol. The Hall–Kier alpha value is -2.62. The van der Waals surface area contributed by atoms with Gasteiger partial charge in [-0.3, -0.25) is 4.79 Å². The Bertz CT molecular complexity index is 731. The van der Waals surface area contributed by atoms with Crippen LogP contribution in [0.4, 0.5) is 0 Å². The molecule has 1 aromatic carbocycles. The van der Waals surface area contributed by atoms with Gasteiger partial charge in [-0.25, -0.2) is 8.97 Å². The number of benzene rings is 1. The van der Waals surface area contributed by atoms with Gasteiger partial charge in [0.15, 0.2) is 12.2 Å². The molecule has 0 saturated heterocycles. The van der Waals surface area contributed by atoms with Crippen molar-refractivity contribution in [2.45, 2.75) is 6.54 Å². The second-order valence-corrected chi connectivity index (χ2v) is 4.40. The first-order valence-electron chi connectivity index (χ1n) is 6.09. The summed E-state index contributed by atoms with van der Waals surface area (Å²) in [5.41, 5.74) is 8.34. The van der Waals surface area contributed by atoms with Crippen LogP contribution in [0.1, 0.15) is 0 Å². The molecule has 0 aliphatic heterocycles. The summed E-state index contributed by atoms with van der Waals surface area (Å²) in [6.07, 6.45) is 3.97. The number of carbonyl (C=O) groups excluding carboxylic acids is 1. The minimum absolute atomic E-state index is 0.171. The van der Waals surface area contributed by atoms with Crippen LogP contribution in [0.15, 0.2) is 60.9 Å². The number of primary amides is 1. The number of amides is 1. The zero-order valence-corrected chi connectivity index (χ0v) is 10.4. The van der Waals surface area contributed by atoms with Crippen LogP contribution < -0.4 is 10.1 Å². The Morgan fingerprint density at radius 3 is 2.58 bits per heavy atom. The number of nitrogens with zero attached hydrogens (tertiary/aromatic N) is 2. The average molecular weight is 252 g/mol. The smallest absolute Gasteiger partial charge is 0.287 e. The molecule has 0 saturated carbocycles. The van der Waals surface area contributed by atoms with E-state index in [1.54, 1.807) is 0 Å². The van der Waals surface area contributed by atoms with Gasteiger partial charge in [-0.15, -0.1) is 0 Å². The number of nitrogens with two attached hydrogens (primary N) is 1. The molecule has 19 heavy (non-hydrogen) atoms. The number of fused-ring (bicyclic) bond motifs is 1. The molecule has 0 radical (unpaired) electrons. The zero-order valence-electron chi connectivity index (χ0n) is 10.4. The number of carbonyl (C=O) groups is 1. The SMILES string of the molecule is NC(=O)Cn1c(-c2ccccc2)c[n+]2ccccc12. The van der Waals surface area contributed by atoms with Crippen molar-refractivity contribution in [3.8, 4) is 11.3 Å². The Labute approximate surface area is 110 Å². The van der Waals surface area contributed by atoms with Crippen LogP contribution in [0.25, 0.3) is 16.9 Å². The summed E-state index contributed by atoms with van der Waals surface area (Å²) in [6, 6.07) is 15.8. The van der Waals surface area contributed by atoms with E-state index in [4.69, 9.17) is 5.73 Å². The van der Waals surface area contributed by atoms with Crippen molar-refractivity contribution in [2.75, 3.05) is 0 Å². The lowest BCUT2D eigenvalue weighted by molar-refractivity contribution is -0.510.